The van der Waals surface area contributed by atoms with E-state index in [4.69, 9.17) is 28.9 Å². The second-order valence-corrected chi connectivity index (χ2v) is 8.51. The molecule has 5 nitrogen and oxygen atoms in total. The van der Waals surface area contributed by atoms with Gasteiger partial charge in [0.1, 0.15) is 0 Å². The molecular formula is C19H18ClN5S2. The third-order valence-electron chi connectivity index (χ3n) is 5.00. The molecule has 5 rings (SSSR count). The fourth-order valence-electron chi connectivity index (χ4n) is 3.59. The van der Waals surface area contributed by atoms with Crippen molar-refractivity contribution in [3.8, 4) is 0 Å². The van der Waals surface area contributed by atoms with Gasteiger partial charge in [-0.3, -0.25) is 9.30 Å². The van der Waals surface area contributed by atoms with Gasteiger partial charge in [-0.05, 0) is 42.5 Å². The molecule has 4 aromatic rings. The minimum Gasteiger partial charge on any atom is -0.369 e. The fraction of sp³-hybridized carbons (Fsp3) is 0.263. The van der Waals surface area contributed by atoms with E-state index in [-0.39, 0.29) is 0 Å². The van der Waals surface area contributed by atoms with Crippen molar-refractivity contribution < 1.29 is 0 Å². The van der Waals surface area contributed by atoms with Crippen LogP contribution in [0.5, 0.6) is 0 Å². The lowest BCUT2D eigenvalue weighted by Crippen LogP contribution is -2.47. The van der Waals surface area contributed by atoms with Gasteiger partial charge in [-0.25, -0.2) is 4.68 Å². The first-order valence-electron chi connectivity index (χ1n) is 8.89. The smallest absolute Gasteiger partial charge is 0.216 e. The highest BCUT2D eigenvalue weighted by atomic mass is 35.5. The molecule has 2 aromatic heterocycles. The number of rotatable bonds is 3. The minimum absolute atomic E-state index is 0.727. The van der Waals surface area contributed by atoms with Gasteiger partial charge in [-0.1, -0.05) is 41.1 Å². The lowest BCUT2D eigenvalue weighted by Gasteiger charge is -2.35. The highest BCUT2D eigenvalue weighted by Crippen LogP contribution is 2.26. The predicted molar refractivity (Wildman–Crippen MR) is 115 cm³/mol. The van der Waals surface area contributed by atoms with E-state index in [0.29, 0.717) is 0 Å². The van der Waals surface area contributed by atoms with Gasteiger partial charge in [0.15, 0.2) is 0 Å². The normalized spacial score (nSPS) is 15.8. The standard InChI is InChI=1S/C19H18ClN5S2/c20-14-4-3-5-15(12-14)23-10-8-22(9-11-23)13-24-19(26)25-16-6-1-2-7-17(16)27-18(25)21-24/h1-7,12H,8-11,13H2. The van der Waals surface area contributed by atoms with Crippen molar-refractivity contribution in [1.82, 2.24) is 19.1 Å². The third-order valence-corrected chi connectivity index (χ3v) is 6.64. The van der Waals surface area contributed by atoms with Crippen molar-refractivity contribution in [1.29, 1.82) is 0 Å². The highest BCUT2D eigenvalue weighted by Gasteiger charge is 2.19. The Kier molecular flexibility index (Phi) is 4.40. The van der Waals surface area contributed by atoms with Gasteiger partial charge in [0.05, 0.1) is 16.9 Å². The summed E-state index contributed by atoms with van der Waals surface area (Å²) in [6.45, 7) is 4.61. The Morgan fingerprint density at radius 2 is 1.85 bits per heavy atom. The number of para-hydroxylation sites is 1. The van der Waals surface area contributed by atoms with E-state index in [0.717, 1.165) is 53.1 Å². The largest absolute Gasteiger partial charge is 0.369 e. The van der Waals surface area contributed by atoms with Gasteiger partial charge >= 0.3 is 0 Å². The Bertz CT molecular complexity index is 1170. The van der Waals surface area contributed by atoms with Gasteiger partial charge in [-0.15, -0.1) is 5.10 Å². The van der Waals surface area contributed by atoms with E-state index < -0.39 is 0 Å². The molecule has 1 fully saturated rings. The molecule has 2 aromatic carbocycles. The summed E-state index contributed by atoms with van der Waals surface area (Å²) in [7, 11) is 0. The minimum atomic E-state index is 0.727. The fourth-order valence-corrected chi connectivity index (χ4v) is 5.14. The number of piperazine rings is 1. The first kappa shape index (κ1) is 17.2. The van der Waals surface area contributed by atoms with E-state index in [1.54, 1.807) is 11.3 Å². The van der Waals surface area contributed by atoms with Crippen molar-refractivity contribution in [2.24, 2.45) is 0 Å². The Morgan fingerprint density at radius 3 is 2.67 bits per heavy atom. The van der Waals surface area contributed by atoms with Crippen LogP contribution in [0, 0.1) is 4.77 Å². The van der Waals surface area contributed by atoms with Crippen molar-refractivity contribution in [2.75, 3.05) is 31.1 Å². The van der Waals surface area contributed by atoms with Crippen LogP contribution in [0.2, 0.25) is 5.02 Å². The molecule has 0 aliphatic carbocycles. The number of hydrogen-bond acceptors (Lipinski definition) is 5. The molecule has 0 unspecified atom stereocenters. The first-order chi connectivity index (χ1) is 13.2. The molecule has 1 aliphatic rings. The molecule has 1 saturated heterocycles. The zero-order valence-electron chi connectivity index (χ0n) is 14.6. The van der Waals surface area contributed by atoms with E-state index in [2.05, 4.69) is 38.5 Å². The zero-order valence-corrected chi connectivity index (χ0v) is 17.0. The van der Waals surface area contributed by atoms with Gasteiger partial charge in [-0.2, -0.15) is 0 Å². The van der Waals surface area contributed by atoms with Crippen molar-refractivity contribution in [3.05, 3.63) is 58.3 Å². The maximum Gasteiger partial charge on any atom is 0.216 e. The van der Waals surface area contributed by atoms with E-state index in [1.807, 2.05) is 28.9 Å². The molecule has 27 heavy (non-hydrogen) atoms. The molecule has 0 atom stereocenters. The molecular weight excluding hydrogens is 398 g/mol. The molecule has 0 bridgehead atoms. The summed E-state index contributed by atoms with van der Waals surface area (Å²) in [5.41, 5.74) is 2.33. The van der Waals surface area contributed by atoms with Crippen LogP contribution < -0.4 is 4.90 Å². The molecule has 0 amide bonds. The molecule has 0 radical (unpaired) electrons. The Labute approximate surface area is 171 Å². The highest BCUT2D eigenvalue weighted by molar-refractivity contribution is 7.71. The summed E-state index contributed by atoms with van der Waals surface area (Å²) in [5.74, 6) is 0. The number of nitrogens with zero attached hydrogens (tertiary/aromatic N) is 5. The average molecular weight is 416 g/mol. The first-order valence-corrected chi connectivity index (χ1v) is 10.5. The average Bonchev–Trinajstić information content (AvgIpc) is 3.19. The van der Waals surface area contributed by atoms with Crippen LogP contribution in [0.4, 0.5) is 5.69 Å². The summed E-state index contributed by atoms with van der Waals surface area (Å²) >= 11 is 13.5. The molecule has 0 spiro atoms. The lowest BCUT2D eigenvalue weighted by atomic mass is 10.2. The second-order valence-electron chi connectivity index (χ2n) is 6.70. The van der Waals surface area contributed by atoms with Crippen LogP contribution in [-0.2, 0) is 6.67 Å². The molecule has 0 saturated carbocycles. The van der Waals surface area contributed by atoms with Gasteiger partial charge in [0, 0.05) is 36.9 Å². The number of anilines is 1. The van der Waals surface area contributed by atoms with Crippen LogP contribution in [0.15, 0.2) is 48.5 Å². The van der Waals surface area contributed by atoms with Crippen LogP contribution >= 0.6 is 35.2 Å². The molecule has 1 aliphatic heterocycles. The number of halogens is 1. The van der Waals surface area contributed by atoms with E-state index in [9.17, 15) is 0 Å². The quantitative estimate of drug-likeness (QED) is 0.460. The Morgan fingerprint density at radius 1 is 1.04 bits per heavy atom. The Balaban J connectivity index is 1.33. The topological polar surface area (TPSA) is 28.7 Å². The summed E-state index contributed by atoms with van der Waals surface area (Å²) in [4.78, 5) is 5.73. The summed E-state index contributed by atoms with van der Waals surface area (Å²) in [5, 5.41) is 5.54. The number of aromatic nitrogens is 3. The molecule has 0 N–H and O–H groups in total. The SMILES string of the molecule is S=c1n(CN2CCN(c3cccc(Cl)c3)CC2)nc2sc3ccccc3n12. The Hall–Kier alpha value is -1.93. The monoisotopic (exact) mass is 415 g/mol. The lowest BCUT2D eigenvalue weighted by molar-refractivity contribution is 0.195. The third kappa shape index (κ3) is 3.14. The maximum atomic E-state index is 6.13. The van der Waals surface area contributed by atoms with E-state index in [1.165, 1.54) is 10.4 Å². The summed E-state index contributed by atoms with van der Waals surface area (Å²) in [6, 6.07) is 16.4. The second kappa shape index (κ2) is 6.91. The molecule has 138 valence electrons. The van der Waals surface area contributed by atoms with Gasteiger partial charge in [0.2, 0.25) is 9.73 Å². The van der Waals surface area contributed by atoms with Crippen LogP contribution in [-0.4, -0.2) is 45.3 Å². The maximum absolute atomic E-state index is 6.13. The van der Waals surface area contributed by atoms with Crippen LogP contribution in [0.3, 0.4) is 0 Å². The number of fused-ring (bicyclic) bond motifs is 3. The number of thiazole rings is 1. The van der Waals surface area contributed by atoms with Gasteiger partial charge < -0.3 is 4.90 Å². The predicted octanol–water partition coefficient (Wildman–Crippen LogP) is 4.51. The van der Waals surface area contributed by atoms with Crippen molar-refractivity contribution >= 4 is 56.0 Å². The van der Waals surface area contributed by atoms with Crippen molar-refractivity contribution in [3.63, 3.8) is 0 Å². The van der Waals surface area contributed by atoms with Crippen LogP contribution in [0.25, 0.3) is 15.2 Å². The summed E-state index contributed by atoms with van der Waals surface area (Å²) in [6.07, 6.45) is 0. The number of benzene rings is 2. The van der Waals surface area contributed by atoms with Gasteiger partial charge in [0.25, 0.3) is 0 Å². The van der Waals surface area contributed by atoms with Crippen LogP contribution in [0.1, 0.15) is 0 Å². The molecule has 8 heteroatoms. The van der Waals surface area contributed by atoms with Crippen molar-refractivity contribution in [2.45, 2.75) is 6.67 Å². The zero-order chi connectivity index (χ0) is 18.4. The number of hydrogen-bond donors (Lipinski definition) is 0. The van der Waals surface area contributed by atoms with E-state index >= 15 is 0 Å². The molecule has 3 heterocycles. The summed E-state index contributed by atoms with van der Waals surface area (Å²) < 4.78 is 6.01.